The van der Waals surface area contributed by atoms with Gasteiger partial charge in [-0.3, -0.25) is 4.79 Å². The lowest BCUT2D eigenvalue weighted by Crippen LogP contribution is -2.14. The third kappa shape index (κ3) is 2.04. The normalized spacial score (nSPS) is 15.3. The van der Waals surface area contributed by atoms with Crippen molar-refractivity contribution in [3.63, 3.8) is 0 Å². The zero-order valence-electron chi connectivity index (χ0n) is 7.88. The number of hydrogen-bond acceptors (Lipinski definition) is 2. The van der Waals surface area contributed by atoms with Crippen molar-refractivity contribution < 1.29 is 4.79 Å². The Kier molecular flexibility index (Phi) is 2.42. The number of carbonyl (C=O) groups is 1. The van der Waals surface area contributed by atoms with Gasteiger partial charge in [0.1, 0.15) is 5.15 Å². The summed E-state index contributed by atoms with van der Waals surface area (Å²) in [6.45, 7) is 1.90. The maximum atomic E-state index is 11.4. The van der Waals surface area contributed by atoms with Gasteiger partial charge in [0.05, 0.1) is 11.9 Å². The number of amides is 1. The molecule has 1 amide bonds. The second-order valence-corrected chi connectivity index (χ2v) is 3.97. The fourth-order valence-electron chi connectivity index (χ4n) is 1.23. The Morgan fingerprint density at radius 2 is 2.36 bits per heavy atom. The fraction of sp³-hybridized carbons (Fsp3) is 0.400. The third-order valence-corrected chi connectivity index (χ3v) is 2.49. The van der Waals surface area contributed by atoms with E-state index in [2.05, 4.69) is 10.3 Å². The molecule has 1 aromatic heterocycles. The van der Waals surface area contributed by atoms with E-state index in [1.807, 2.05) is 6.92 Å². The zero-order valence-corrected chi connectivity index (χ0v) is 8.64. The second kappa shape index (κ2) is 3.58. The lowest BCUT2D eigenvalue weighted by Gasteiger charge is -2.06. The summed E-state index contributed by atoms with van der Waals surface area (Å²) in [5, 5.41) is 3.29. The standard InChI is InChI=1S/C10H11ClN2O/c1-6-4-9(11)12-5-8(6)13-10(14)7-2-3-7/h4-5,7H,2-3H2,1H3,(H,13,14). The van der Waals surface area contributed by atoms with Crippen LogP contribution in [0.1, 0.15) is 18.4 Å². The Morgan fingerprint density at radius 1 is 1.64 bits per heavy atom. The molecule has 1 aliphatic rings. The molecule has 3 nitrogen and oxygen atoms in total. The lowest BCUT2D eigenvalue weighted by molar-refractivity contribution is -0.117. The van der Waals surface area contributed by atoms with E-state index in [1.54, 1.807) is 12.3 Å². The molecule has 0 saturated heterocycles. The molecule has 2 rings (SSSR count). The molecule has 74 valence electrons. The van der Waals surface area contributed by atoms with Gasteiger partial charge in [0, 0.05) is 5.92 Å². The molecule has 0 radical (unpaired) electrons. The molecule has 0 atom stereocenters. The molecule has 1 N–H and O–H groups in total. The van der Waals surface area contributed by atoms with Gasteiger partial charge in [-0.05, 0) is 31.4 Å². The molecule has 1 aliphatic carbocycles. The fourth-order valence-corrected chi connectivity index (χ4v) is 1.45. The number of rotatable bonds is 2. The van der Waals surface area contributed by atoms with Gasteiger partial charge >= 0.3 is 0 Å². The van der Waals surface area contributed by atoms with Crippen molar-refractivity contribution in [2.45, 2.75) is 19.8 Å². The summed E-state index contributed by atoms with van der Waals surface area (Å²) >= 11 is 5.70. The third-order valence-electron chi connectivity index (χ3n) is 2.28. The first kappa shape index (κ1) is 9.46. The first-order valence-electron chi connectivity index (χ1n) is 4.60. The average molecular weight is 211 g/mol. The highest BCUT2D eigenvalue weighted by molar-refractivity contribution is 6.29. The highest BCUT2D eigenvalue weighted by Crippen LogP contribution is 2.30. The van der Waals surface area contributed by atoms with Gasteiger partial charge in [-0.1, -0.05) is 11.6 Å². The zero-order chi connectivity index (χ0) is 10.1. The van der Waals surface area contributed by atoms with E-state index >= 15 is 0 Å². The van der Waals surface area contributed by atoms with Crippen molar-refractivity contribution in [3.8, 4) is 0 Å². The summed E-state index contributed by atoms with van der Waals surface area (Å²) in [6.07, 6.45) is 3.61. The van der Waals surface area contributed by atoms with Crippen molar-refractivity contribution >= 4 is 23.2 Å². The van der Waals surface area contributed by atoms with Crippen LogP contribution in [0.25, 0.3) is 0 Å². The summed E-state index contributed by atoms with van der Waals surface area (Å²) in [7, 11) is 0. The maximum Gasteiger partial charge on any atom is 0.227 e. The monoisotopic (exact) mass is 210 g/mol. The van der Waals surface area contributed by atoms with Gasteiger partial charge in [-0.15, -0.1) is 0 Å². The Bertz CT molecular complexity index is 374. The molecule has 1 aromatic rings. The van der Waals surface area contributed by atoms with Crippen LogP contribution in [0.15, 0.2) is 12.3 Å². The Balaban J connectivity index is 2.11. The quantitative estimate of drug-likeness (QED) is 0.762. The topological polar surface area (TPSA) is 42.0 Å². The van der Waals surface area contributed by atoms with Crippen LogP contribution in [0.4, 0.5) is 5.69 Å². The number of pyridine rings is 1. The largest absolute Gasteiger partial charge is 0.324 e. The predicted octanol–water partition coefficient (Wildman–Crippen LogP) is 2.39. The molecular weight excluding hydrogens is 200 g/mol. The van der Waals surface area contributed by atoms with Crippen molar-refractivity contribution in [2.24, 2.45) is 5.92 Å². The van der Waals surface area contributed by atoms with E-state index in [9.17, 15) is 4.79 Å². The number of carbonyl (C=O) groups excluding carboxylic acids is 1. The molecule has 1 saturated carbocycles. The van der Waals surface area contributed by atoms with Gasteiger partial charge in [0.25, 0.3) is 0 Å². The van der Waals surface area contributed by atoms with Crippen LogP contribution < -0.4 is 5.32 Å². The number of halogens is 1. The summed E-state index contributed by atoms with van der Waals surface area (Å²) < 4.78 is 0. The van der Waals surface area contributed by atoms with Crippen molar-refractivity contribution in [1.29, 1.82) is 0 Å². The molecule has 0 spiro atoms. The molecule has 1 heterocycles. The van der Waals surface area contributed by atoms with Crippen LogP contribution in [-0.4, -0.2) is 10.9 Å². The molecule has 0 aromatic carbocycles. The summed E-state index contributed by atoms with van der Waals surface area (Å²) in [4.78, 5) is 15.4. The van der Waals surface area contributed by atoms with Gasteiger partial charge in [0.2, 0.25) is 5.91 Å². The van der Waals surface area contributed by atoms with Gasteiger partial charge in [-0.25, -0.2) is 4.98 Å². The Hall–Kier alpha value is -1.09. The van der Waals surface area contributed by atoms with E-state index < -0.39 is 0 Å². The van der Waals surface area contributed by atoms with Crippen LogP contribution in [0.5, 0.6) is 0 Å². The van der Waals surface area contributed by atoms with Crippen LogP contribution in [0.3, 0.4) is 0 Å². The number of nitrogens with zero attached hydrogens (tertiary/aromatic N) is 1. The molecule has 4 heteroatoms. The average Bonchev–Trinajstić information content (AvgIpc) is 2.92. The maximum absolute atomic E-state index is 11.4. The first-order chi connectivity index (χ1) is 6.66. The summed E-state index contributed by atoms with van der Waals surface area (Å²) in [5.41, 5.74) is 1.70. The minimum Gasteiger partial charge on any atom is -0.324 e. The minimum atomic E-state index is 0.0947. The Labute approximate surface area is 87.5 Å². The predicted molar refractivity (Wildman–Crippen MR) is 55.3 cm³/mol. The molecule has 14 heavy (non-hydrogen) atoms. The van der Waals surface area contributed by atoms with Gasteiger partial charge in [-0.2, -0.15) is 0 Å². The molecule has 0 unspecified atom stereocenters. The summed E-state index contributed by atoms with van der Waals surface area (Å²) in [6, 6.07) is 1.74. The van der Waals surface area contributed by atoms with E-state index in [0.717, 1.165) is 24.1 Å². The van der Waals surface area contributed by atoms with E-state index in [-0.39, 0.29) is 11.8 Å². The number of hydrogen-bond donors (Lipinski definition) is 1. The molecule has 0 aliphatic heterocycles. The molecular formula is C10H11ClN2O. The highest BCUT2D eigenvalue weighted by Gasteiger charge is 2.29. The number of aryl methyl sites for hydroxylation is 1. The second-order valence-electron chi connectivity index (χ2n) is 3.59. The van der Waals surface area contributed by atoms with Crippen molar-refractivity contribution in [3.05, 3.63) is 23.0 Å². The lowest BCUT2D eigenvalue weighted by atomic mass is 10.2. The SMILES string of the molecule is Cc1cc(Cl)ncc1NC(=O)C1CC1. The van der Waals surface area contributed by atoms with Crippen LogP contribution in [-0.2, 0) is 4.79 Å². The van der Waals surface area contributed by atoms with E-state index in [4.69, 9.17) is 11.6 Å². The number of aromatic nitrogens is 1. The van der Waals surface area contributed by atoms with Crippen LogP contribution in [0.2, 0.25) is 5.15 Å². The Morgan fingerprint density at radius 3 is 2.93 bits per heavy atom. The van der Waals surface area contributed by atoms with E-state index in [0.29, 0.717) is 5.15 Å². The van der Waals surface area contributed by atoms with Gasteiger partial charge < -0.3 is 5.32 Å². The van der Waals surface area contributed by atoms with Crippen LogP contribution in [0, 0.1) is 12.8 Å². The van der Waals surface area contributed by atoms with Gasteiger partial charge in [0.15, 0.2) is 0 Å². The first-order valence-corrected chi connectivity index (χ1v) is 4.97. The summed E-state index contributed by atoms with van der Waals surface area (Å²) in [5.74, 6) is 0.308. The van der Waals surface area contributed by atoms with E-state index in [1.165, 1.54) is 0 Å². The van der Waals surface area contributed by atoms with Crippen molar-refractivity contribution in [1.82, 2.24) is 4.98 Å². The molecule has 1 fully saturated rings. The number of nitrogens with one attached hydrogen (secondary N) is 1. The van der Waals surface area contributed by atoms with Crippen LogP contribution >= 0.6 is 11.6 Å². The molecule has 0 bridgehead atoms. The minimum absolute atomic E-state index is 0.0947. The van der Waals surface area contributed by atoms with Crippen molar-refractivity contribution in [2.75, 3.05) is 5.32 Å². The highest BCUT2D eigenvalue weighted by atomic mass is 35.5. The number of anilines is 1. The smallest absolute Gasteiger partial charge is 0.227 e.